The van der Waals surface area contributed by atoms with Gasteiger partial charge in [0.1, 0.15) is 6.79 Å². The minimum atomic E-state index is -0.0319. The van der Waals surface area contributed by atoms with Gasteiger partial charge in [-0.2, -0.15) is 0 Å². The SMILES string of the molecule is C=C[C@](CC)(CCCC)[C@H](OCOC)c1ccccc1. The third kappa shape index (κ3) is 4.19. The summed E-state index contributed by atoms with van der Waals surface area (Å²) in [5, 5.41) is 0. The maximum absolute atomic E-state index is 6.03. The lowest BCUT2D eigenvalue weighted by atomic mass is 9.73. The van der Waals surface area contributed by atoms with Crippen molar-refractivity contribution in [2.75, 3.05) is 13.9 Å². The quantitative estimate of drug-likeness (QED) is 0.436. The molecule has 0 aliphatic carbocycles. The summed E-state index contributed by atoms with van der Waals surface area (Å²) in [4.78, 5) is 0. The summed E-state index contributed by atoms with van der Waals surface area (Å²) in [6.07, 6.45) is 6.54. The van der Waals surface area contributed by atoms with Gasteiger partial charge in [-0.15, -0.1) is 6.58 Å². The Hall–Kier alpha value is -1.12. The Balaban J connectivity index is 3.07. The first-order valence-corrected chi connectivity index (χ1v) is 7.53. The number of hydrogen-bond donors (Lipinski definition) is 0. The van der Waals surface area contributed by atoms with Crippen molar-refractivity contribution in [1.29, 1.82) is 0 Å². The van der Waals surface area contributed by atoms with Crippen LogP contribution in [0.4, 0.5) is 0 Å². The van der Waals surface area contributed by atoms with Gasteiger partial charge in [0.25, 0.3) is 0 Å². The van der Waals surface area contributed by atoms with E-state index >= 15 is 0 Å². The monoisotopic (exact) mass is 276 g/mol. The Morgan fingerprint density at radius 2 is 1.95 bits per heavy atom. The normalized spacial score (nSPS) is 15.6. The zero-order valence-corrected chi connectivity index (χ0v) is 13.1. The van der Waals surface area contributed by atoms with Crippen molar-refractivity contribution in [2.45, 2.75) is 45.6 Å². The molecule has 0 aliphatic heterocycles. The zero-order valence-electron chi connectivity index (χ0n) is 13.1. The van der Waals surface area contributed by atoms with E-state index in [4.69, 9.17) is 9.47 Å². The highest BCUT2D eigenvalue weighted by molar-refractivity contribution is 5.22. The van der Waals surface area contributed by atoms with Crippen LogP contribution in [0.15, 0.2) is 43.0 Å². The Labute approximate surface area is 123 Å². The van der Waals surface area contributed by atoms with Crippen LogP contribution in [-0.2, 0) is 9.47 Å². The summed E-state index contributed by atoms with van der Waals surface area (Å²) >= 11 is 0. The van der Waals surface area contributed by atoms with Gasteiger partial charge in [-0.25, -0.2) is 0 Å². The molecule has 0 unspecified atom stereocenters. The molecular weight excluding hydrogens is 248 g/mol. The van der Waals surface area contributed by atoms with Crippen molar-refractivity contribution in [3.63, 3.8) is 0 Å². The van der Waals surface area contributed by atoms with Crippen LogP contribution in [0.5, 0.6) is 0 Å². The molecule has 1 aromatic rings. The molecule has 0 bridgehead atoms. The molecule has 0 saturated carbocycles. The second-order valence-electron chi connectivity index (χ2n) is 5.26. The molecule has 112 valence electrons. The van der Waals surface area contributed by atoms with E-state index in [2.05, 4.69) is 50.8 Å². The average molecular weight is 276 g/mol. The van der Waals surface area contributed by atoms with Gasteiger partial charge in [0.15, 0.2) is 0 Å². The van der Waals surface area contributed by atoms with Gasteiger partial charge in [0, 0.05) is 12.5 Å². The second-order valence-corrected chi connectivity index (χ2v) is 5.26. The number of methoxy groups -OCH3 is 1. The average Bonchev–Trinajstić information content (AvgIpc) is 2.52. The van der Waals surface area contributed by atoms with Crippen molar-refractivity contribution in [3.05, 3.63) is 48.6 Å². The third-order valence-electron chi connectivity index (χ3n) is 4.04. The van der Waals surface area contributed by atoms with Crippen LogP contribution in [0.25, 0.3) is 0 Å². The highest BCUT2D eigenvalue weighted by Crippen LogP contribution is 2.45. The molecule has 0 aromatic heterocycles. The highest BCUT2D eigenvalue weighted by Gasteiger charge is 2.35. The molecule has 0 amide bonds. The van der Waals surface area contributed by atoms with E-state index in [1.807, 2.05) is 6.07 Å². The summed E-state index contributed by atoms with van der Waals surface area (Å²) in [5.41, 5.74) is 1.16. The topological polar surface area (TPSA) is 18.5 Å². The van der Waals surface area contributed by atoms with E-state index < -0.39 is 0 Å². The molecule has 0 spiro atoms. The van der Waals surface area contributed by atoms with E-state index in [1.165, 1.54) is 18.4 Å². The van der Waals surface area contributed by atoms with Gasteiger partial charge in [-0.3, -0.25) is 0 Å². The summed E-state index contributed by atoms with van der Waals surface area (Å²) in [7, 11) is 1.66. The predicted molar refractivity (Wildman–Crippen MR) is 84.6 cm³/mol. The first kappa shape index (κ1) is 16.9. The van der Waals surface area contributed by atoms with E-state index in [-0.39, 0.29) is 11.5 Å². The first-order valence-electron chi connectivity index (χ1n) is 7.53. The molecule has 1 rings (SSSR count). The van der Waals surface area contributed by atoms with Crippen molar-refractivity contribution in [1.82, 2.24) is 0 Å². The summed E-state index contributed by atoms with van der Waals surface area (Å²) < 4.78 is 11.2. The van der Waals surface area contributed by atoms with Crippen LogP contribution in [0.3, 0.4) is 0 Å². The summed E-state index contributed by atoms with van der Waals surface area (Å²) in [6, 6.07) is 10.4. The molecule has 0 fully saturated rings. The molecule has 0 saturated heterocycles. The fraction of sp³-hybridized carbons (Fsp3) is 0.556. The molecule has 0 heterocycles. The fourth-order valence-electron chi connectivity index (χ4n) is 2.71. The highest BCUT2D eigenvalue weighted by atomic mass is 16.7. The lowest BCUT2D eigenvalue weighted by Crippen LogP contribution is -2.29. The van der Waals surface area contributed by atoms with Crippen LogP contribution in [-0.4, -0.2) is 13.9 Å². The van der Waals surface area contributed by atoms with Gasteiger partial charge >= 0.3 is 0 Å². The van der Waals surface area contributed by atoms with E-state index in [9.17, 15) is 0 Å². The van der Waals surface area contributed by atoms with Crippen molar-refractivity contribution in [3.8, 4) is 0 Å². The predicted octanol–water partition coefficient (Wildman–Crippen LogP) is 5.12. The van der Waals surface area contributed by atoms with Crippen LogP contribution < -0.4 is 0 Å². The number of benzene rings is 1. The minimum absolute atomic E-state index is 0.00213. The third-order valence-corrected chi connectivity index (χ3v) is 4.04. The zero-order chi connectivity index (χ0) is 14.8. The first-order chi connectivity index (χ1) is 9.74. The van der Waals surface area contributed by atoms with Gasteiger partial charge in [0.05, 0.1) is 6.10 Å². The van der Waals surface area contributed by atoms with Crippen LogP contribution in [0.1, 0.15) is 51.2 Å². The number of ether oxygens (including phenoxy) is 2. The van der Waals surface area contributed by atoms with Crippen LogP contribution in [0, 0.1) is 5.41 Å². The molecule has 2 heteroatoms. The number of unbranched alkanes of at least 4 members (excludes halogenated alkanes) is 1. The molecule has 1 aromatic carbocycles. The van der Waals surface area contributed by atoms with Crippen LogP contribution in [0.2, 0.25) is 0 Å². The largest absolute Gasteiger partial charge is 0.359 e. The Bertz CT molecular complexity index is 374. The van der Waals surface area contributed by atoms with E-state index in [0.29, 0.717) is 6.79 Å². The van der Waals surface area contributed by atoms with E-state index in [0.717, 1.165) is 12.8 Å². The molecule has 0 N–H and O–H groups in total. The Kier molecular flexibility index (Phi) is 7.56. The number of hydrogen-bond acceptors (Lipinski definition) is 2. The molecule has 0 aliphatic rings. The maximum Gasteiger partial charge on any atom is 0.147 e. The minimum Gasteiger partial charge on any atom is -0.359 e. The van der Waals surface area contributed by atoms with Gasteiger partial charge in [-0.05, 0) is 18.4 Å². The number of rotatable bonds is 10. The smallest absolute Gasteiger partial charge is 0.147 e. The molecule has 0 radical (unpaired) electrons. The van der Waals surface area contributed by atoms with Gasteiger partial charge in [-0.1, -0.05) is 63.1 Å². The lowest BCUT2D eigenvalue weighted by Gasteiger charge is -2.38. The standard InChI is InChI=1S/C18H28O2/c1-5-8-14-18(6-2,7-3)17(20-15-19-4)16-12-10-9-11-13-16/h6,9-13,17H,2,5,7-8,14-15H2,1,3-4H3/t17-,18+/m1/s1. The van der Waals surface area contributed by atoms with Crippen molar-refractivity contribution < 1.29 is 9.47 Å². The summed E-state index contributed by atoms with van der Waals surface area (Å²) in [5.74, 6) is 0. The maximum atomic E-state index is 6.03. The Morgan fingerprint density at radius 3 is 2.45 bits per heavy atom. The van der Waals surface area contributed by atoms with Gasteiger partial charge in [0.2, 0.25) is 0 Å². The fourth-order valence-corrected chi connectivity index (χ4v) is 2.71. The molecule has 20 heavy (non-hydrogen) atoms. The molecular formula is C18H28O2. The Morgan fingerprint density at radius 1 is 1.25 bits per heavy atom. The van der Waals surface area contributed by atoms with Crippen molar-refractivity contribution in [2.24, 2.45) is 5.41 Å². The molecule has 2 nitrogen and oxygen atoms in total. The summed E-state index contributed by atoms with van der Waals surface area (Å²) in [6.45, 7) is 8.83. The lowest BCUT2D eigenvalue weighted by molar-refractivity contribution is -0.113. The van der Waals surface area contributed by atoms with Crippen molar-refractivity contribution >= 4 is 0 Å². The second kappa shape index (κ2) is 8.93. The van der Waals surface area contributed by atoms with E-state index in [1.54, 1.807) is 7.11 Å². The van der Waals surface area contributed by atoms with Crippen LogP contribution >= 0.6 is 0 Å². The molecule has 2 atom stereocenters. The van der Waals surface area contributed by atoms with Gasteiger partial charge < -0.3 is 9.47 Å².